The smallest absolute Gasteiger partial charge is 0.268 e. The van der Waals surface area contributed by atoms with Gasteiger partial charge in [-0.3, -0.25) is 9.63 Å². The summed E-state index contributed by atoms with van der Waals surface area (Å²) in [6.07, 6.45) is 0.441. The largest absolute Gasteiger partial charge is 0.496 e. The quantitative estimate of drug-likeness (QED) is 0.613. The Hall–Kier alpha value is -3.26. The SMILES string of the molecule is COc1ccccc1CONC(=O)C(Cc1ccccc1)n1nnnc1C. The maximum absolute atomic E-state index is 12.8. The standard InChI is InChI=1S/C19H21N5O3/c1-14-20-22-23-24(14)17(12-15-8-4-3-5-9-15)19(25)21-27-13-16-10-6-7-11-18(16)26-2/h3-11,17H,12-13H2,1-2H3,(H,21,25). The lowest BCUT2D eigenvalue weighted by Crippen LogP contribution is -2.35. The first kappa shape index (κ1) is 18.5. The number of aromatic nitrogens is 4. The van der Waals surface area contributed by atoms with Crippen molar-refractivity contribution in [2.45, 2.75) is 26.0 Å². The number of carbonyl (C=O) groups is 1. The highest BCUT2D eigenvalue weighted by Crippen LogP contribution is 2.18. The van der Waals surface area contributed by atoms with Crippen LogP contribution in [0.3, 0.4) is 0 Å². The number of benzene rings is 2. The zero-order valence-electron chi connectivity index (χ0n) is 15.2. The zero-order chi connectivity index (χ0) is 19.1. The first-order chi connectivity index (χ1) is 13.2. The second-order valence-electron chi connectivity index (χ2n) is 5.94. The van der Waals surface area contributed by atoms with Crippen LogP contribution in [-0.2, 0) is 22.7 Å². The number of hydrogen-bond donors (Lipinski definition) is 1. The Balaban J connectivity index is 1.68. The van der Waals surface area contributed by atoms with Crippen molar-refractivity contribution >= 4 is 5.91 Å². The zero-order valence-corrected chi connectivity index (χ0v) is 15.2. The average molecular weight is 367 g/mol. The van der Waals surface area contributed by atoms with Crippen LogP contribution in [0, 0.1) is 6.92 Å². The molecule has 0 aliphatic heterocycles. The number of tetrazole rings is 1. The van der Waals surface area contributed by atoms with Gasteiger partial charge in [-0.1, -0.05) is 48.5 Å². The summed E-state index contributed by atoms with van der Waals surface area (Å²) in [5, 5.41) is 11.5. The third-order valence-corrected chi connectivity index (χ3v) is 4.12. The van der Waals surface area contributed by atoms with Crippen molar-refractivity contribution in [3.05, 3.63) is 71.5 Å². The van der Waals surface area contributed by atoms with Crippen molar-refractivity contribution in [3.8, 4) is 5.75 Å². The van der Waals surface area contributed by atoms with Crippen LogP contribution in [0.25, 0.3) is 0 Å². The minimum Gasteiger partial charge on any atom is -0.496 e. The molecular formula is C19H21N5O3. The van der Waals surface area contributed by atoms with E-state index in [0.717, 1.165) is 11.1 Å². The number of carbonyl (C=O) groups excluding carboxylic acids is 1. The van der Waals surface area contributed by atoms with Crippen molar-refractivity contribution in [1.82, 2.24) is 25.7 Å². The first-order valence-electron chi connectivity index (χ1n) is 8.51. The Morgan fingerprint density at radius 2 is 1.89 bits per heavy atom. The molecule has 1 atom stereocenters. The Kier molecular flexibility index (Phi) is 6.11. The number of hydrogen-bond acceptors (Lipinski definition) is 6. The molecule has 0 aliphatic rings. The fourth-order valence-electron chi connectivity index (χ4n) is 2.73. The molecule has 1 amide bonds. The van der Waals surface area contributed by atoms with E-state index in [0.29, 0.717) is 18.0 Å². The summed E-state index contributed by atoms with van der Waals surface area (Å²) < 4.78 is 6.78. The molecule has 0 fully saturated rings. The second kappa shape index (κ2) is 8.91. The summed E-state index contributed by atoms with van der Waals surface area (Å²) >= 11 is 0. The van der Waals surface area contributed by atoms with Gasteiger partial charge in [0.25, 0.3) is 5.91 Å². The molecule has 0 saturated carbocycles. The molecule has 0 spiro atoms. The molecular weight excluding hydrogens is 346 g/mol. The minimum absolute atomic E-state index is 0.183. The van der Waals surface area contributed by atoms with Crippen LogP contribution in [-0.4, -0.2) is 33.2 Å². The van der Waals surface area contributed by atoms with Gasteiger partial charge in [0.1, 0.15) is 24.2 Å². The van der Waals surface area contributed by atoms with E-state index in [1.165, 1.54) is 4.68 Å². The van der Waals surface area contributed by atoms with E-state index >= 15 is 0 Å². The number of hydroxylamine groups is 1. The van der Waals surface area contributed by atoms with E-state index in [1.807, 2.05) is 54.6 Å². The third kappa shape index (κ3) is 4.68. The van der Waals surface area contributed by atoms with Gasteiger partial charge in [-0.15, -0.1) is 5.10 Å². The highest BCUT2D eigenvalue weighted by molar-refractivity contribution is 5.79. The summed E-state index contributed by atoms with van der Waals surface area (Å²) in [6, 6.07) is 16.5. The highest BCUT2D eigenvalue weighted by atomic mass is 16.7. The van der Waals surface area contributed by atoms with Gasteiger partial charge in [-0.2, -0.15) is 0 Å². The third-order valence-electron chi connectivity index (χ3n) is 4.12. The normalized spacial score (nSPS) is 11.8. The molecule has 2 aromatic carbocycles. The lowest BCUT2D eigenvalue weighted by molar-refractivity contribution is -0.138. The number of nitrogens with zero attached hydrogens (tertiary/aromatic N) is 4. The summed E-state index contributed by atoms with van der Waals surface area (Å²) in [5.74, 6) is 0.920. The fourth-order valence-corrected chi connectivity index (χ4v) is 2.73. The topological polar surface area (TPSA) is 91.2 Å². The predicted octanol–water partition coefficient (Wildman–Crippen LogP) is 2.02. The number of para-hydroxylation sites is 1. The molecule has 3 aromatic rings. The molecule has 0 saturated heterocycles. The Bertz CT molecular complexity index is 882. The van der Waals surface area contributed by atoms with Crippen LogP contribution in [0.4, 0.5) is 0 Å². The molecule has 8 nitrogen and oxygen atoms in total. The van der Waals surface area contributed by atoms with Crippen molar-refractivity contribution in [1.29, 1.82) is 0 Å². The van der Waals surface area contributed by atoms with Gasteiger partial charge in [-0.05, 0) is 29.0 Å². The van der Waals surface area contributed by atoms with E-state index in [4.69, 9.17) is 9.57 Å². The van der Waals surface area contributed by atoms with E-state index in [9.17, 15) is 4.79 Å². The van der Waals surface area contributed by atoms with Crippen molar-refractivity contribution in [2.24, 2.45) is 0 Å². The lowest BCUT2D eigenvalue weighted by Gasteiger charge is -2.17. The Morgan fingerprint density at radius 1 is 1.15 bits per heavy atom. The Labute approximate surface area is 157 Å². The van der Waals surface area contributed by atoms with Crippen molar-refractivity contribution in [3.63, 3.8) is 0 Å². The number of methoxy groups -OCH3 is 1. The van der Waals surface area contributed by atoms with Gasteiger partial charge in [0.2, 0.25) is 0 Å². The molecule has 1 N–H and O–H groups in total. The van der Waals surface area contributed by atoms with Gasteiger partial charge in [0.05, 0.1) is 7.11 Å². The van der Waals surface area contributed by atoms with Crippen LogP contribution in [0.5, 0.6) is 5.75 Å². The molecule has 3 rings (SSSR count). The Morgan fingerprint density at radius 3 is 2.59 bits per heavy atom. The molecule has 1 aromatic heterocycles. The van der Waals surface area contributed by atoms with E-state index in [-0.39, 0.29) is 12.5 Å². The van der Waals surface area contributed by atoms with E-state index in [1.54, 1.807) is 14.0 Å². The van der Waals surface area contributed by atoms with Crippen LogP contribution in [0.2, 0.25) is 0 Å². The molecule has 1 unspecified atom stereocenters. The minimum atomic E-state index is -0.625. The lowest BCUT2D eigenvalue weighted by atomic mass is 10.1. The molecule has 0 radical (unpaired) electrons. The van der Waals surface area contributed by atoms with Crippen molar-refractivity contribution < 1.29 is 14.4 Å². The molecule has 140 valence electrons. The van der Waals surface area contributed by atoms with Gasteiger partial charge < -0.3 is 4.74 Å². The van der Waals surface area contributed by atoms with Crippen LogP contribution in [0.1, 0.15) is 23.0 Å². The number of nitrogens with one attached hydrogen (secondary N) is 1. The van der Waals surface area contributed by atoms with Crippen LogP contribution in [0.15, 0.2) is 54.6 Å². The average Bonchev–Trinajstić information content (AvgIpc) is 3.12. The number of aryl methyl sites for hydroxylation is 1. The van der Waals surface area contributed by atoms with Gasteiger partial charge in [0.15, 0.2) is 0 Å². The van der Waals surface area contributed by atoms with Crippen molar-refractivity contribution in [2.75, 3.05) is 7.11 Å². The molecule has 1 heterocycles. The summed E-state index contributed by atoms with van der Waals surface area (Å²) in [4.78, 5) is 18.2. The summed E-state index contributed by atoms with van der Waals surface area (Å²) in [7, 11) is 1.59. The highest BCUT2D eigenvalue weighted by Gasteiger charge is 2.24. The monoisotopic (exact) mass is 367 g/mol. The first-order valence-corrected chi connectivity index (χ1v) is 8.51. The predicted molar refractivity (Wildman–Crippen MR) is 97.7 cm³/mol. The summed E-state index contributed by atoms with van der Waals surface area (Å²) in [5.41, 5.74) is 4.34. The molecule has 8 heteroatoms. The molecule has 0 aliphatic carbocycles. The van der Waals surface area contributed by atoms with Crippen LogP contribution >= 0.6 is 0 Å². The van der Waals surface area contributed by atoms with Gasteiger partial charge in [0, 0.05) is 12.0 Å². The number of amides is 1. The summed E-state index contributed by atoms with van der Waals surface area (Å²) in [6.45, 7) is 1.93. The van der Waals surface area contributed by atoms with E-state index in [2.05, 4.69) is 21.0 Å². The maximum atomic E-state index is 12.8. The van der Waals surface area contributed by atoms with Gasteiger partial charge >= 0.3 is 0 Å². The maximum Gasteiger partial charge on any atom is 0.268 e. The van der Waals surface area contributed by atoms with Crippen LogP contribution < -0.4 is 10.2 Å². The van der Waals surface area contributed by atoms with E-state index < -0.39 is 6.04 Å². The fraction of sp³-hybridized carbons (Fsp3) is 0.263. The van der Waals surface area contributed by atoms with Gasteiger partial charge in [-0.25, -0.2) is 10.2 Å². The molecule has 0 bridgehead atoms. The number of rotatable bonds is 8. The molecule has 27 heavy (non-hydrogen) atoms. The second-order valence-corrected chi connectivity index (χ2v) is 5.94. The number of ether oxygens (including phenoxy) is 1.